The van der Waals surface area contributed by atoms with Crippen LogP contribution in [-0.2, 0) is 5.60 Å². The summed E-state index contributed by atoms with van der Waals surface area (Å²) in [6.07, 6.45) is -0.610. The minimum absolute atomic E-state index is 0.125. The van der Waals surface area contributed by atoms with Crippen LogP contribution in [0.25, 0.3) is 0 Å². The molecule has 1 unspecified atom stereocenters. The molecule has 2 atom stereocenters. The molecule has 0 aliphatic carbocycles. The zero-order valence-electron chi connectivity index (χ0n) is 12.7. The lowest BCUT2D eigenvalue weighted by atomic mass is 9.97. The van der Waals surface area contributed by atoms with E-state index in [-0.39, 0.29) is 6.61 Å². The predicted molar refractivity (Wildman–Crippen MR) is 83.3 cm³/mol. The molecule has 2 rings (SSSR count). The molecule has 2 aromatic rings. The first kappa shape index (κ1) is 15.5. The van der Waals surface area contributed by atoms with Crippen molar-refractivity contribution in [2.45, 2.75) is 32.5 Å². The summed E-state index contributed by atoms with van der Waals surface area (Å²) in [5.74, 6) is 0.604. The largest absolute Gasteiger partial charge is 0.490 e. The number of hydrogen-bond acceptors (Lipinski definition) is 3. The number of aryl methyl sites for hydroxylation is 1. The van der Waals surface area contributed by atoms with Gasteiger partial charge in [0, 0.05) is 5.56 Å². The van der Waals surface area contributed by atoms with E-state index >= 15 is 0 Å². The van der Waals surface area contributed by atoms with Crippen LogP contribution < -0.4 is 4.74 Å². The van der Waals surface area contributed by atoms with Gasteiger partial charge in [0.2, 0.25) is 0 Å². The summed E-state index contributed by atoms with van der Waals surface area (Å²) in [4.78, 5) is 0. The molecule has 0 spiro atoms. The number of hydrogen-bond donors (Lipinski definition) is 2. The van der Waals surface area contributed by atoms with Crippen molar-refractivity contribution in [3.63, 3.8) is 0 Å². The van der Waals surface area contributed by atoms with Crippen LogP contribution in [0.1, 0.15) is 36.6 Å². The Hall–Kier alpha value is -1.84. The van der Waals surface area contributed by atoms with Gasteiger partial charge < -0.3 is 14.9 Å². The summed E-state index contributed by atoms with van der Waals surface area (Å²) in [5, 5.41) is 20.4. The van der Waals surface area contributed by atoms with Gasteiger partial charge in [0.25, 0.3) is 0 Å². The van der Waals surface area contributed by atoms with Gasteiger partial charge in [0.05, 0.1) is 6.10 Å². The van der Waals surface area contributed by atoms with Crippen LogP contribution in [0.2, 0.25) is 0 Å². The van der Waals surface area contributed by atoms with E-state index in [9.17, 15) is 10.2 Å². The SMILES string of the molecule is Cc1ccc(OCC(C)(O)c2ccccc2)c([C@@H](C)O)c1. The van der Waals surface area contributed by atoms with Crippen molar-refractivity contribution in [3.8, 4) is 5.75 Å². The van der Waals surface area contributed by atoms with Crippen LogP contribution in [0.5, 0.6) is 5.75 Å². The smallest absolute Gasteiger partial charge is 0.125 e. The van der Waals surface area contributed by atoms with Crippen LogP contribution in [-0.4, -0.2) is 16.8 Å². The summed E-state index contributed by atoms with van der Waals surface area (Å²) < 4.78 is 5.76. The lowest BCUT2D eigenvalue weighted by Gasteiger charge is -2.25. The molecule has 0 saturated carbocycles. The van der Waals surface area contributed by atoms with Crippen LogP contribution in [0, 0.1) is 6.92 Å². The molecule has 0 aliphatic rings. The maximum Gasteiger partial charge on any atom is 0.125 e. The molecule has 0 aromatic heterocycles. The molecule has 0 bridgehead atoms. The van der Waals surface area contributed by atoms with Gasteiger partial charge in [-0.25, -0.2) is 0 Å². The zero-order valence-corrected chi connectivity index (χ0v) is 12.7. The minimum atomic E-state index is -1.08. The molecule has 3 nitrogen and oxygen atoms in total. The van der Waals surface area contributed by atoms with Gasteiger partial charge in [0.1, 0.15) is 18.0 Å². The molecule has 2 N–H and O–H groups in total. The van der Waals surface area contributed by atoms with Crippen molar-refractivity contribution in [1.82, 2.24) is 0 Å². The summed E-state index contributed by atoms with van der Waals surface area (Å²) in [6, 6.07) is 15.1. The standard InChI is InChI=1S/C18H22O3/c1-13-9-10-17(16(11-13)14(2)19)21-12-18(3,20)15-7-5-4-6-8-15/h4-11,14,19-20H,12H2,1-3H3/t14-,18?/m1/s1. The van der Waals surface area contributed by atoms with Crippen molar-refractivity contribution in [2.24, 2.45) is 0 Å². The average molecular weight is 286 g/mol. The molecule has 0 amide bonds. The highest BCUT2D eigenvalue weighted by Gasteiger charge is 2.24. The quantitative estimate of drug-likeness (QED) is 0.886. The van der Waals surface area contributed by atoms with Crippen molar-refractivity contribution in [2.75, 3.05) is 6.61 Å². The Kier molecular flexibility index (Phi) is 4.66. The fraction of sp³-hybridized carbons (Fsp3) is 0.333. The van der Waals surface area contributed by atoms with Crippen LogP contribution in [0.15, 0.2) is 48.5 Å². The van der Waals surface area contributed by atoms with Gasteiger partial charge >= 0.3 is 0 Å². The number of ether oxygens (including phenoxy) is 1. The highest BCUT2D eigenvalue weighted by Crippen LogP contribution is 2.28. The third kappa shape index (κ3) is 3.84. The maximum absolute atomic E-state index is 10.5. The molecule has 0 saturated heterocycles. The van der Waals surface area contributed by atoms with Gasteiger partial charge in [-0.05, 0) is 38.5 Å². The monoisotopic (exact) mass is 286 g/mol. The first-order valence-electron chi connectivity index (χ1n) is 7.09. The van der Waals surface area contributed by atoms with Crippen molar-refractivity contribution in [3.05, 3.63) is 65.2 Å². The van der Waals surface area contributed by atoms with Crippen molar-refractivity contribution >= 4 is 0 Å². The van der Waals surface area contributed by atoms with E-state index in [2.05, 4.69) is 0 Å². The van der Waals surface area contributed by atoms with E-state index in [0.717, 1.165) is 16.7 Å². The number of benzene rings is 2. The summed E-state index contributed by atoms with van der Waals surface area (Å²) >= 11 is 0. The summed E-state index contributed by atoms with van der Waals surface area (Å²) in [5.41, 5.74) is 1.52. The fourth-order valence-electron chi connectivity index (χ4n) is 2.22. The highest BCUT2D eigenvalue weighted by atomic mass is 16.5. The second-order valence-corrected chi connectivity index (χ2v) is 5.65. The number of aliphatic hydroxyl groups excluding tert-OH is 1. The van der Waals surface area contributed by atoms with E-state index in [4.69, 9.17) is 4.74 Å². The first-order valence-corrected chi connectivity index (χ1v) is 7.09. The lowest BCUT2D eigenvalue weighted by molar-refractivity contribution is 0.00656. The maximum atomic E-state index is 10.5. The third-order valence-electron chi connectivity index (χ3n) is 3.52. The van der Waals surface area contributed by atoms with Crippen molar-refractivity contribution in [1.29, 1.82) is 0 Å². The first-order chi connectivity index (χ1) is 9.90. The van der Waals surface area contributed by atoms with Crippen LogP contribution >= 0.6 is 0 Å². The molecule has 0 aliphatic heterocycles. The van der Waals surface area contributed by atoms with E-state index < -0.39 is 11.7 Å². The normalized spacial score (nSPS) is 15.3. The molecule has 0 fully saturated rings. The Morgan fingerprint density at radius 1 is 1.14 bits per heavy atom. The van der Waals surface area contributed by atoms with Crippen LogP contribution in [0.3, 0.4) is 0 Å². The Balaban J connectivity index is 2.16. The van der Waals surface area contributed by atoms with Gasteiger partial charge in [-0.15, -0.1) is 0 Å². The highest BCUT2D eigenvalue weighted by molar-refractivity contribution is 5.38. The zero-order chi connectivity index (χ0) is 15.5. The van der Waals surface area contributed by atoms with E-state index in [1.54, 1.807) is 13.8 Å². The Morgan fingerprint density at radius 2 is 1.81 bits per heavy atom. The molecule has 2 aromatic carbocycles. The Morgan fingerprint density at radius 3 is 2.43 bits per heavy atom. The van der Waals surface area contributed by atoms with Gasteiger partial charge in [-0.3, -0.25) is 0 Å². The topological polar surface area (TPSA) is 49.7 Å². The average Bonchev–Trinajstić information content (AvgIpc) is 2.47. The Labute approximate surface area is 125 Å². The van der Waals surface area contributed by atoms with Gasteiger partial charge in [-0.2, -0.15) is 0 Å². The van der Waals surface area contributed by atoms with Gasteiger partial charge in [-0.1, -0.05) is 42.0 Å². The second kappa shape index (κ2) is 6.29. The molecule has 0 radical (unpaired) electrons. The number of rotatable bonds is 5. The van der Waals surface area contributed by atoms with Crippen LogP contribution in [0.4, 0.5) is 0 Å². The lowest BCUT2D eigenvalue weighted by Crippen LogP contribution is -2.29. The molecule has 3 heteroatoms. The third-order valence-corrected chi connectivity index (χ3v) is 3.52. The minimum Gasteiger partial charge on any atom is -0.490 e. The summed E-state index contributed by atoms with van der Waals surface area (Å²) in [7, 11) is 0. The molecule has 0 heterocycles. The van der Waals surface area contributed by atoms with Gasteiger partial charge in [0.15, 0.2) is 0 Å². The fourth-order valence-corrected chi connectivity index (χ4v) is 2.22. The van der Waals surface area contributed by atoms with E-state index in [0.29, 0.717) is 5.75 Å². The molecular formula is C18H22O3. The molecule has 21 heavy (non-hydrogen) atoms. The molecular weight excluding hydrogens is 264 g/mol. The summed E-state index contributed by atoms with van der Waals surface area (Å²) in [6.45, 7) is 5.52. The second-order valence-electron chi connectivity index (χ2n) is 5.65. The van der Waals surface area contributed by atoms with E-state index in [1.165, 1.54) is 0 Å². The Bertz CT molecular complexity index is 589. The number of aliphatic hydroxyl groups is 2. The van der Waals surface area contributed by atoms with Crippen molar-refractivity contribution < 1.29 is 14.9 Å². The predicted octanol–water partition coefficient (Wildman–Crippen LogP) is 3.33. The van der Waals surface area contributed by atoms with E-state index in [1.807, 2.05) is 55.5 Å². The molecule has 112 valence electrons.